The van der Waals surface area contributed by atoms with Gasteiger partial charge in [0.2, 0.25) is 0 Å². The van der Waals surface area contributed by atoms with E-state index in [0.717, 1.165) is 0 Å². The molecule has 0 rings (SSSR count). The lowest BCUT2D eigenvalue weighted by atomic mass is 10.0. The van der Waals surface area contributed by atoms with Crippen LogP contribution in [0.3, 0.4) is 0 Å². The smallest absolute Gasteiger partial charge is 0.152 e. The van der Waals surface area contributed by atoms with E-state index in [2.05, 4.69) is 0 Å². The highest BCUT2D eigenvalue weighted by Gasteiger charge is 2.17. The molecule has 0 saturated heterocycles. The van der Waals surface area contributed by atoms with Crippen molar-refractivity contribution in [1.82, 2.24) is 9.80 Å². The third kappa shape index (κ3) is 12.7. The molecule has 0 bridgehead atoms. The second kappa shape index (κ2) is 14.2. The van der Waals surface area contributed by atoms with Crippen molar-refractivity contribution in [3.63, 3.8) is 0 Å². The van der Waals surface area contributed by atoms with Crippen LogP contribution in [0, 0.1) is 5.92 Å². The number of hydrogen-bond donors (Lipinski definition) is 0. The largest absolute Gasteiger partial charge is 0.300 e. The number of ketones is 2. The van der Waals surface area contributed by atoms with E-state index in [1.807, 2.05) is 72.6 Å². The fourth-order valence-electron chi connectivity index (χ4n) is 1.32. The number of carbonyl (C=O) groups excluding carboxylic acids is 2. The van der Waals surface area contributed by atoms with E-state index >= 15 is 0 Å². The van der Waals surface area contributed by atoms with Gasteiger partial charge in [-0.2, -0.15) is 0 Å². The minimum atomic E-state index is 0. The van der Waals surface area contributed by atoms with Gasteiger partial charge in [0.05, 0.1) is 12.1 Å². The molecule has 2 unspecified atom stereocenters. The minimum Gasteiger partial charge on any atom is -0.300 e. The Hall–Kier alpha value is -0.740. The van der Waals surface area contributed by atoms with E-state index in [4.69, 9.17) is 0 Å². The first kappa shape index (κ1) is 28.4. The van der Waals surface area contributed by atoms with Gasteiger partial charge in [0.15, 0.2) is 5.78 Å². The van der Waals surface area contributed by atoms with Crippen LogP contribution >= 0.6 is 0 Å². The quantitative estimate of drug-likeness (QED) is 0.754. The molecule has 0 aliphatic heterocycles. The second-order valence-electron chi connectivity index (χ2n) is 5.66. The summed E-state index contributed by atoms with van der Waals surface area (Å²) in [5.74, 6) is 0.766. The van der Waals surface area contributed by atoms with Gasteiger partial charge >= 0.3 is 0 Å². The molecule has 0 heterocycles. The Morgan fingerprint density at radius 1 is 0.810 bits per heavy atom. The Bertz CT molecular complexity index is 274. The highest BCUT2D eigenvalue weighted by molar-refractivity contribution is 5.85. The van der Waals surface area contributed by atoms with Gasteiger partial charge in [-0.15, -0.1) is 0 Å². The van der Waals surface area contributed by atoms with E-state index in [0.29, 0.717) is 18.0 Å². The molecular weight excluding hydrogens is 264 g/mol. The molecule has 4 heteroatoms. The van der Waals surface area contributed by atoms with Gasteiger partial charge in [-0.3, -0.25) is 19.4 Å². The first-order valence-electron chi connectivity index (χ1n) is 6.95. The predicted octanol–water partition coefficient (Wildman–Crippen LogP) is 3.35. The number of carbonyl (C=O) groups is 2. The maximum absolute atomic E-state index is 11.2. The Morgan fingerprint density at radius 2 is 1.14 bits per heavy atom. The first-order valence-corrected chi connectivity index (χ1v) is 6.95. The Labute approximate surface area is 133 Å². The Kier molecular flexibility index (Phi) is 19.2. The van der Waals surface area contributed by atoms with Crippen LogP contribution in [0.1, 0.15) is 55.9 Å². The summed E-state index contributed by atoms with van der Waals surface area (Å²) >= 11 is 0. The standard InChI is InChI=1S/C8H17NO.C7H15NO.2CH4/c1-6(2)8(10)7(3)9(4)5;1-5-7(9)6(2)8(3)4;;/h6-7H,1-5H3;6H,5H2,1-4H3;2*1H4. The molecule has 0 fully saturated rings. The van der Waals surface area contributed by atoms with Crippen LogP contribution in [-0.4, -0.2) is 61.6 Å². The fourth-order valence-corrected chi connectivity index (χ4v) is 1.32. The van der Waals surface area contributed by atoms with Crippen molar-refractivity contribution >= 4 is 11.6 Å². The maximum Gasteiger partial charge on any atom is 0.152 e. The number of Topliss-reactive ketones (excluding diaryl/α,β-unsaturated/α-hetero) is 2. The molecule has 0 radical (unpaired) electrons. The SMILES string of the molecule is C.C.CC(C)C(=O)C(C)N(C)C.CCC(=O)C(C)N(C)C. The minimum absolute atomic E-state index is 0. The zero-order chi connectivity index (χ0) is 15.7. The average molecular weight is 305 g/mol. The van der Waals surface area contributed by atoms with Crippen molar-refractivity contribution in [2.24, 2.45) is 5.92 Å². The van der Waals surface area contributed by atoms with E-state index in [1.165, 1.54) is 0 Å². The molecule has 21 heavy (non-hydrogen) atoms. The molecular formula is C17H40N2O2. The summed E-state index contributed by atoms with van der Waals surface area (Å²) < 4.78 is 0. The molecule has 0 aromatic carbocycles. The molecule has 2 atom stereocenters. The molecule has 0 aromatic rings. The van der Waals surface area contributed by atoms with Gasteiger partial charge < -0.3 is 0 Å². The third-order valence-electron chi connectivity index (χ3n) is 3.34. The molecule has 130 valence electrons. The van der Waals surface area contributed by atoms with Crippen LogP contribution in [0.15, 0.2) is 0 Å². The van der Waals surface area contributed by atoms with Crippen molar-refractivity contribution in [1.29, 1.82) is 0 Å². The van der Waals surface area contributed by atoms with Crippen molar-refractivity contribution in [2.75, 3.05) is 28.2 Å². The Morgan fingerprint density at radius 3 is 1.24 bits per heavy atom. The highest BCUT2D eigenvalue weighted by atomic mass is 16.1. The van der Waals surface area contributed by atoms with E-state index in [1.54, 1.807) is 0 Å². The average Bonchev–Trinajstić information content (AvgIpc) is 2.35. The normalized spacial score (nSPS) is 12.8. The molecule has 0 N–H and O–H groups in total. The molecule has 0 aliphatic rings. The highest BCUT2D eigenvalue weighted by Crippen LogP contribution is 2.02. The number of hydrogen-bond acceptors (Lipinski definition) is 4. The predicted molar refractivity (Wildman–Crippen MR) is 94.9 cm³/mol. The zero-order valence-electron chi connectivity index (χ0n) is 14.2. The molecule has 0 aromatic heterocycles. The van der Waals surface area contributed by atoms with Crippen molar-refractivity contribution in [3.05, 3.63) is 0 Å². The summed E-state index contributed by atoms with van der Waals surface area (Å²) in [4.78, 5) is 26.0. The van der Waals surface area contributed by atoms with Gasteiger partial charge in [0, 0.05) is 12.3 Å². The number of rotatable bonds is 6. The summed E-state index contributed by atoms with van der Waals surface area (Å²) in [7, 11) is 7.67. The van der Waals surface area contributed by atoms with Crippen molar-refractivity contribution < 1.29 is 9.59 Å². The lowest BCUT2D eigenvalue weighted by Crippen LogP contribution is -2.35. The second-order valence-corrected chi connectivity index (χ2v) is 5.66. The topological polar surface area (TPSA) is 40.6 Å². The monoisotopic (exact) mass is 304 g/mol. The molecule has 0 aliphatic carbocycles. The Balaban J connectivity index is -0.000000126. The summed E-state index contributed by atoms with van der Waals surface area (Å²) in [6, 6.07) is 0.134. The van der Waals surface area contributed by atoms with Crippen molar-refractivity contribution in [3.8, 4) is 0 Å². The van der Waals surface area contributed by atoms with Crippen molar-refractivity contribution in [2.45, 2.75) is 68.0 Å². The van der Waals surface area contributed by atoms with E-state index < -0.39 is 0 Å². The summed E-state index contributed by atoms with van der Waals surface area (Å²) in [5, 5.41) is 0. The zero-order valence-corrected chi connectivity index (χ0v) is 14.2. The third-order valence-corrected chi connectivity index (χ3v) is 3.34. The molecule has 0 saturated carbocycles. The molecule has 0 amide bonds. The van der Waals surface area contributed by atoms with E-state index in [9.17, 15) is 9.59 Å². The van der Waals surface area contributed by atoms with E-state index in [-0.39, 0.29) is 32.9 Å². The van der Waals surface area contributed by atoms with Crippen LogP contribution < -0.4 is 0 Å². The summed E-state index contributed by atoms with van der Waals surface area (Å²) in [6.45, 7) is 9.61. The van der Waals surface area contributed by atoms with Gasteiger partial charge in [-0.05, 0) is 42.0 Å². The van der Waals surface area contributed by atoms with Crippen LogP contribution in [-0.2, 0) is 9.59 Å². The fraction of sp³-hybridized carbons (Fsp3) is 0.882. The maximum atomic E-state index is 11.2. The van der Waals surface area contributed by atoms with Crippen LogP contribution in [0.5, 0.6) is 0 Å². The van der Waals surface area contributed by atoms with Gasteiger partial charge in [-0.25, -0.2) is 0 Å². The van der Waals surface area contributed by atoms with Gasteiger partial charge in [0.1, 0.15) is 5.78 Å². The van der Waals surface area contributed by atoms with Gasteiger partial charge in [-0.1, -0.05) is 35.6 Å². The van der Waals surface area contributed by atoms with Crippen LogP contribution in [0.25, 0.3) is 0 Å². The lowest BCUT2D eigenvalue weighted by Gasteiger charge is -2.19. The molecule has 4 nitrogen and oxygen atoms in total. The van der Waals surface area contributed by atoms with Crippen LogP contribution in [0.2, 0.25) is 0 Å². The molecule has 0 spiro atoms. The number of nitrogens with zero attached hydrogens (tertiary/aromatic N) is 2. The van der Waals surface area contributed by atoms with Crippen LogP contribution in [0.4, 0.5) is 0 Å². The lowest BCUT2D eigenvalue weighted by molar-refractivity contribution is -0.125. The summed E-state index contributed by atoms with van der Waals surface area (Å²) in [6.07, 6.45) is 0.638. The number of likely N-dealkylation sites (N-methyl/N-ethyl adjacent to an activating group) is 2. The summed E-state index contributed by atoms with van der Waals surface area (Å²) in [5.41, 5.74) is 0. The first-order chi connectivity index (χ1) is 8.56. The van der Waals surface area contributed by atoms with Gasteiger partial charge in [0.25, 0.3) is 0 Å².